The van der Waals surface area contributed by atoms with Gasteiger partial charge in [0, 0.05) is 11.5 Å². The van der Waals surface area contributed by atoms with E-state index in [0.29, 0.717) is 13.2 Å². The van der Waals surface area contributed by atoms with Gasteiger partial charge < -0.3 is 19.7 Å². The van der Waals surface area contributed by atoms with Gasteiger partial charge in [-0.25, -0.2) is 0 Å². The molecule has 4 nitrogen and oxygen atoms in total. The van der Waals surface area contributed by atoms with E-state index in [4.69, 9.17) is 9.47 Å². The van der Waals surface area contributed by atoms with Gasteiger partial charge in [0.2, 0.25) is 0 Å². The quantitative estimate of drug-likeness (QED) is 0.882. The van der Waals surface area contributed by atoms with Crippen LogP contribution in [0.2, 0.25) is 0 Å². The molecule has 0 radical (unpaired) electrons. The van der Waals surface area contributed by atoms with Crippen molar-refractivity contribution in [2.24, 2.45) is 0 Å². The molecule has 1 aliphatic rings. The molecular weight excluding hydrogens is 256 g/mol. The Kier molecular flexibility index (Phi) is 3.58. The summed E-state index contributed by atoms with van der Waals surface area (Å²) in [7, 11) is 0. The molecule has 1 aliphatic heterocycles. The average Bonchev–Trinajstić information content (AvgIpc) is 2.49. The Morgan fingerprint density at radius 1 is 0.700 bits per heavy atom. The second-order valence-electron chi connectivity index (χ2n) is 4.88. The van der Waals surface area contributed by atoms with E-state index in [1.807, 2.05) is 12.1 Å². The van der Waals surface area contributed by atoms with Gasteiger partial charge in [-0.1, -0.05) is 24.3 Å². The Morgan fingerprint density at radius 2 is 1.15 bits per heavy atom. The Labute approximate surface area is 117 Å². The summed E-state index contributed by atoms with van der Waals surface area (Å²) in [6.07, 6.45) is -0.385. The van der Waals surface area contributed by atoms with Crippen LogP contribution in [0.3, 0.4) is 0 Å². The van der Waals surface area contributed by atoms with E-state index in [1.54, 1.807) is 36.4 Å². The topological polar surface area (TPSA) is 58.9 Å². The van der Waals surface area contributed by atoms with Gasteiger partial charge in [-0.15, -0.1) is 0 Å². The van der Waals surface area contributed by atoms with Crippen LogP contribution in [0.5, 0.6) is 11.5 Å². The van der Waals surface area contributed by atoms with Crippen molar-refractivity contribution in [1.82, 2.24) is 0 Å². The summed E-state index contributed by atoms with van der Waals surface area (Å²) >= 11 is 0. The summed E-state index contributed by atoms with van der Waals surface area (Å²) in [6.45, 7) is 1.13. The highest BCUT2D eigenvalue weighted by molar-refractivity contribution is 5.29. The average molecular weight is 272 g/mol. The predicted molar refractivity (Wildman–Crippen MR) is 73.6 cm³/mol. The summed E-state index contributed by atoms with van der Waals surface area (Å²) in [5.41, 5.74) is 1.99. The molecule has 0 aliphatic carbocycles. The zero-order chi connectivity index (χ0) is 13.9. The Hall–Kier alpha value is -2.04. The van der Waals surface area contributed by atoms with Gasteiger partial charge in [-0.05, 0) is 29.8 Å². The number of ether oxygens (including phenoxy) is 2. The van der Waals surface area contributed by atoms with Crippen LogP contribution >= 0.6 is 0 Å². The summed E-state index contributed by atoms with van der Waals surface area (Å²) in [6, 6.07) is 13.9. The van der Waals surface area contributed by atoms with E-state index < -0.39 is 0 Å². The molecule has 2 aromatic rings. The van der Waals surface area contributed by atoms with Crippen LogP contribution in [0.15, 0.2) is 48.5 Å². The first-order chi connectivity index (χ1) is 9.72. The molecule has 0 bridgehead atoms. The fourth-order valence-corrected chi connectivity index (χ4v) is 2.27. The molecule has 0 amide bonds. The van der Waals surface area contributed by atoms with Crippen molar-refractivity contribution < 1.29 is 19.7 Å². The number of hydrogen-bond acceptors (Lipinski definition) is 4. The molecule has 1 heterocycles. The minimum absolute atomic E-state index is 0.170. The van der Waals surface area contributed by atoms with E-state index in [1.165, 1.54) is 0 Å². The number of benzene rings is 2. The summed E-state index contributed by atoms with van der Waals surface area (Å²) in [5, 5.41) is 18.6. The fourth-order valence-electron chi connectivity index (χ4n) is 2.27. The lowest BCUT2D eigenvalue weighted by atomic mass is 10.00. The van der Waals surface area contributed by atoms with Crippen molar-refractivity contribution in [3.05, 3.63) is 59.7 Å². The number of phenols is 2. The largest absolute Gasteiger partial charge is 0.508 e. The predicted octanol–water partition coefficient (Wildman–Crippen LogP) is 2.93. The van der Waals surface area contributed by atoms with Crippen LogP contribution in [-0.4, -0.2) is 23.4 Å². The molecular formula is C16H16O4. The highest BCUT2D eigenvalue weighted by atomic mass is 16.7. The molecule has 0 atom stereocenters. The minimum atomic E-state index is -0.385. The molecule has 104 valence electrons. The number of aromatic hydroxyl groups is 2. The van der Waals surface area contributed by atoms with E-state index in [0.717, 1.165) is 11.1 Å². The van der Waals surface area contributed by atoms with E-state index in [2.05, 4.69) is 0 Å². The molecule has 0 aromatic heterocycles. The molecule has 1 fully saturated rings. The smallest absolute Gasteiger partial charge is 0.183 e. The van der Waals surface area contributed by atoms with Crippen molar-refractivity contribution in [2.45, 2.75) is 12.2 Å². The number of hydrogen-bond donors (Lipinski definition) is 2. The minimum Gasteiger partial charge on any atom is -0.508 e. The van der Waals surface area contributed by atoms with Gasteiger partial charge >= 0.3 is 0 Å². The second kappa shape index (κ2) is 5.53. The highest BCUT2D eigenvalue weighted by Gasteiger charge is 2.24. The summed E-state index contributed by atoms with van der Waals surface area (Å²) in [4.78, 5) is 0. The molecule has 2 N–H and O–H groups in total. The van der Waals surface area contributed by atoms with Gasteiger partial charge in [0.05, 0.1) is 13.2 Å². The third-order valence-electron chi connectivity index (χ3n) is 3.43. The molecule has 3 rings (SSSR count). The maximum absolute atomic E-state index is 9.29. The monoisotopic (exact) mass is 272 g/mol. The maximum atomic E-state index is 9.29. The van der Waals surface area contributed by atoms with Gasteiger partial charge in [-0.3, -0.25) is 0 Å². The zero-order valence-electron chi connectivity index (χ0n) is 10.9. The van der Waals surface area contributed by atoms with E-state index in [-0.39, 0.29) is 23.7 Å². The van der Waals surface area contributed by atoms with Gasteiger partial charge in [0.25, 0.3) is 0 Å². The molecule has 0 unspecified atom stereocenters. The molecule has 4 heteroatoms. The first kappa shape index (κ1) is 13.0. The van der Waals surface area contributed by atoms with E-state index >= 15 is 0 Å². The Morgan fingerprint density at radius 3 is 1.65 bits per heavy atom. The number of rotatable bonds is 2. The Balaban J connectivity index is 1.64. The molecule has 2 aromatic carbocycles. The Bertz CT molecular complexity index is 501. The third kappa shape index (κ3) is 2.76. The van der Waals surface area contributed by atoms with E-state index in [9.17, 15) is 10.2 Å². The SMILES string of the molecule is Oc1ccc(C2COC(c3ccc(O)cc3)OC2)cc1. The maximum Gasteiger partial charge on any atom is 0.183 e. The van der Waals surface area contributed by atoms with Crippen molar-refractivity contribution in [2.75, 3.05) is 13.2 Å². The molecule has 0 saturated carbocycles. The van der Waals surface area contributed by atoms with Crippen LogP contribution in [0.25, 0.3) is 0 Å². The van der Waals surface area contributed by atoms with Crippen LogP contribution in [-0.2, 0) is 9.47 Å². The van der Waals surface area contributed by atoms with Gasteiger partial charge in [0.1, 0.15) is 11.5 Å². The first-order valence-corrected chi connectivity index (χ1v) is 6.53. The lowest BCUT2D eigenvalue weighted by Gasteiger charge is -2.30. The lowest BCUT2D eigenvalue weighted by molar-refractivity contribution is -0.191. The number of phenolic OH excluding ortho intramolecular Hbond substituents is 2. The zero-order valence-corrected chi connectivity index (χ0v) is 10.9. The van der Waals surface area contributed by atoms with Crippen molar-refractivity contribution >= 4 is 0 Å². The summed E-state index contributed by atoms with van der Waals surface area (Å²) < 4.78 is 11.5. The molecule has 20 heavy (non-hydrogen) atoms. The highest BCUT2D eigenvalue weighted by Crippen LogP contribution is 2.30. The van der Waals surface area contributed by atoms with Crippen LogP contribution in [0.1, 0.15) is 23.3 Å². The summed E-state index contributed by atoms with van der Waals surface area (Å²) in [5.74, 6) is 0.656. The van der Waals surface area contributed by atoms with Gasteiger partial charge in [0.15, 0.2) is 6.29 Å². The van der Waals surface area contributed by atoms with Crippen LogP contribution in [0.4, 0.5) is 0 Å². The third-order valence-corrected chi connectivity index (χ3v) is 3.43. The first-order valence-electron chi connectivity index (χ1n) is 6.53. The van der Waals surface area contributed by atoms with Crippen LogP contribution in [0, 0.1) is 0 Å². The van der Waals surface area contributed by atoms with Crippen molar-refractivity contribution in [1.29, 1.82) is 0 Å². The van der Waals surface area contributed by atoms with Crippen LogP contribution < -0.4 is 0 Å². The lowest BCUT2D eigenvalue weighted by Crippen LogP contribution is -2.25. The second-order valence-corrected chi connectivity index (χ2v) is 4.88. The molecule has 1 saturated heterocycles. The molecule has 0 spiro atoms. The standard InChI is InChI=1S/C16H16O4/c17-14-5-1-11(2-6-14)13-9-19-16(20-10-13)12-3-7-15(18)8-4-12/h1-8,13,16-18H,9-10H2. The fraction of sp³-hybridized carbons (Fsp3) is 0.250. The normalized spacial score (nSPS) is 22.6. The van der Waals surface area contributed by atoms with Gasteiger partial charge in [-0.2, -0.15) is 0 Å². The van der Waals surface area contributed by atoms with Crippen molar-refractivity contribution in [3.8, 4) is 11.5 Å². The van der Waals surface area contributed by atoms with Crippen molar-refractivity contribution in [3.63, 3.8) is 0 Å².